The van der Waals surface area contributed by atoms with Gasteiger partial charge in [0, 0.05) is 24.0 Å². The van der Waals surface area contributed by atoms with Crippen LogP contribution in [-0.2, 0) is 0 Å². The first kappa shape index (κ1) is 12.5. The number of aliphatic hydroxyl groups is 1. The SMILES string of the molecule is COc1cnn(C(C)C)c1C(O)c1cncnc1. The summed E-state index contributed by atoms with van der Waals surface area (Å²) in [5.74, 6) is 0.556. The van der Waals surface area contributed by atoms with Gasteiger partial charge < -0.3 is 9.84 Å². The van der Waals surface area contributed by atoms with Gasteiger partial charge in [-0.05, 0) is 13.8 Å². The van der Waals surface area contributed by atoms with Crippen molar-refractivity contribution in [1.29, 1.82) is 0 Å². The molecule has 1 N–H and O–H groups in total. The molecular weight excluding hydrogens is 232 g/mol. The number of hydrogen-bond acceptors (Lipinski definition) is 5. The Morgan fingerprint density at radius 2 is 1.89 bits per heavy atom. The van der Waals surface area contributed by atoms with Gasteiger partial charge in [-0.2, -0.15) is 5.10 Å². The average molecular weight is 248 g/mol. The summed E-state index contributed by atoms with van der Waals surface area (Å²) in [6.07, 6.45) is 5.32. The van der Waals surface area contributed by atoms with Crippen LogP contribution >= 0.6 is 0 Å². The first-order valence-corrected chi connectivity index (χ1v) is 5.69. The van der Waals surface area contributed by atoms with E-state index in [1.54, 1.807) is 30.4 Å². The zero-order valence-electron chi connectivity index (χ0n) is 10.6. The topological polar surface area (TPSA) is 73.1 Å². The zero-order valence-corrected chi connectivity index (χ0v) is 10.6. The van der Waals surface area contributed by atoms with E-state index in [4.69, 9.17) is 4.74 Å². The van der Waals surface area contributed by atoms with E-state index in [1.807, 2.05) is 13.8 Å². The Labute approximate surface area is 105 Å². The van der Waals surface area contributed by atoms with Crippen molar-refractivity contribution in [3.63, 3.8) is 0 Å². The number of rotatable bonds is 4. The van der Waals surface area contributed by atoms with Gasteiger partial charge in [-0.15, -0.1) is 0 Å². The van der Waals surface area contributed by atoms with E-state index in [-0.39, 0.29) is 6.04 Å². The molecule has 0 aliphatic rings. The molecule has 0 aliphatic carbocycles. The fourth-order valence-electron chi connectivity index (χ4n) is 1.79. The standard InChI is InChI=1S/C12H16N4O2/c1-8(2)16-11(10(18-3)6-15-16)12(17)9-4-13-7-14-5-9/h4-8,12,17H,1-3H3. The molecule has 0 bridgehead atoms. The molecule has 6 nitrogen and oxygen atoms in total. The van der Waals surface area contributed by atoms with Gasteiger partial charge in [0.2, 0.25) is 0 Å². The summed E-state index contributed by atoms with van der Waals surface area (Å²) in [5, 5.41) is 14.6. The van der Waals surface area contributed by atoms with Gasteiger partial charge in [-0.25, -0.2) is 9.97 Å². The van der Waals surface area contributed by atoms with Gasteiger partial charge in [-0.3, -0.25) is 4.68 Å². The lowest BCUT2D eigenvalue weighted by Crippen LogP contribution is -2.13. The molecule has 2 aromatic rings. The minimum atomic E-state index is -0.856. The highest BCUT2D eigenvalue weighted by Gasteiger charge is 2.23. The molecule has 0 spiro atoms. The van der Waals surface area contributed by atoms with E-state index in [9.17, 15) is 5.11 Å². The zero-order chi connectivity index (χ0) is 13.1. The van der Waals surface area contributed by atoms with Crippen LogP contribution in [0.2, 0.25) is 0 Å². The quantitative estimate of drug-likeness (QED) is 0.884. The van der Waals surface area contributed by atoms with Gasteiger partial charge >= 0.3 is 0 Å². The molecule has 1 unspecified atom stereocenters. The highest BCUT2D eigenvalue weighted by molar-refractivity contribution is 5.33. The van der Waals surface area contributed by atoms with E-state index in [0.29, 0.717) is 17.0 Å². The lowest BCUT2D eigenvalue weighted by atomic mass is 10.1. The van der Waals surface area contributed by atoms with Crippen LogP contribution in [0.15, 0.2) is 24.9 Å². The number of nitrogens with zero attached hydrogens (tertiary/aromatic N) is 4. The van der Waals surface area contributed by atoms with Crippen LogP contribution in [0, 0.1) is 0 Å². The van der Waals surface area contributed by atoms with Crippen molar-refractivity contribution in [3.8, 4) is 5.75 Å². The van der Waals surface area contributed by atoms with Crippen molar-refractivity contribution in [2.75, 3.05) is 7.11 Å². The minimum absolute atomic E-state index is 0.128. The molecule has 2 heterocycles. The normalized spacial score (nSPS) is 12.7. The molecule has 2 rings (SSSR count). The first-order valence-electron chi connectivity index (χ1n) is 5.69. The van der Waals surface area contributed by atoms with Crippen LogP contribution in [0.25, 0.3) is 0 Å². The Morgan fingerprint density at radius 1 is 1.22 bits per heavy atom. The second-order valence-corrected chi connectivity index (χ2v) is 4.21. The lowest BCUT2D eigenvalue weighted by Gasteiger charge is -2.16. The maximum absolute atomic E-state index is 10.4. The first-order chi connectivity index (χ1) is 8.65. The molecule has 6 heteroatoms. The van der Waals surface area contributed by atoms with Crippen molar-refractivity contribution >= 4 is 0 Å². The third kappa shape index (κ3) is 2.19. The van der Waals surface area contributed by atoms with E-state index >= 15 is 0 Å². The number of ether oxygens (including phenoxy) is 1. The molecule has 0 fully saturated rings. The van der Waals surface area contributed by atoms with Crippen LogP contribution in [0.5, 0.6) is 5.75 Å². The highest BCUT2D eigenvalue weighted by atomic mass is 16.5. The number of hydrogen-bond donors (Lipinski definition) is 1. The Hall–Kier alpha value is -1.95. The molecule has 0 amide bonds. The van der Waals surface area contributed by atoms with Crippen molar-refractivity contribution in [3.05, 3.63) is 36.2 Å². The molecule has 18 heavy (non-hydrogen) atoms. The highest BCUT2D eigenvalue weighted by Crippen LogP contribution is 2.30. The maximum Gasteiger partial charge on any atom is 0.163 e. The maximum atomic E-state index is 10.4. The molecule has 96 valence electrons. The molecule has 0 radical (unpaired) electrons. The van der Waals surface area contributed by atoms with Crippen LogP contribution in [0.4, 0.5) is 0 Å². The average Bonchev–Trinajstić information content (AvgIpc) is 2.82. The van der Waals surface area contributed by atoms with Gasteiger partial charge in [-0.1, -0.05) is 0 Å². The summed E-state index contributed by atoms with van der Waals surface area (Å²) in [4.78, 5) is 7.81. The van der Waals surface area contributed by atoms with Crippen LogP contribution < -0.4 is 4.74 Å². The van der Waals surface area contributed by atoms with E-state index in [1.165, 1.54) is 6.33 Å². The number of aliphatic hydroxyl groups excluding tert-OH is 1. The Balaban J connectivity index is 2.46. The summed E-state index contributed by atoms with van der Waals surface area (Å²) in [6, 6.07) is 0.128. The molecule has 1 atom stereocenters. The predicted molar refractivity (Wildman–Crippen MR) is 65.3 cm³/mol. The summed E-state index contributed by atoms with van der Waals surface area (Å²) in [7, 11) is 1.55. The monoisotopic (exact) mass is 248 g/mol. The molecular formula is C12H16N4O2. The molecule has 0 aromatic carbocycles. The van der Waals surface area contributed by atoms with Crippen LogP contribution in [0.1, 0.15) is 37.3 Å². The van der Waals surface area contributed by atoms with Gasteiger partial charge in [0.15, 0.2) is 5.75 Å². The third-order valence-electron chi connectivity index (χ3n) is 2.66. The molecule has 2 aromatic heterocycles. The summed E-state index contributed by atoms with van der Waals surface area (Å²) < 4.78 is 6.97. The molecule has 0 aliphatic heterocycles. The lowest BCUT2D eigenvalue weighted by molar-refractivity contribution is 0.198. The summed E-state index contributed by atoms with van der Waals surface area (Å²) in [5.41, 5.74) is 1.22. The van der Waals surface area contributed by atoms with E-state index < -0.39 is 6.10 Å². The van der Waals surface area contributed by atoms with Crippen molar-refractivity contribution in [2.24, 2.45) is 0 Å². The fourth-order valence-corrected chi connectivity index (χ4v) is 1.79. The van der Waals surface area contributed by atoms with Crippen LogP contribution in [-0.4, -0.2) is 32.0 Å². The second kappa shape index (κ2) is 5.14. The molecule has 0 saturated carbocycles. The van der Waals surface area contributed by atoms with Crippen molar-refractivity contribution < 1.29 is 9.84 Å². The van der Waals surface area contributed by atoms with Crippen LogP contribution in [0.3, 0.4) is 0 Å². The van der Waals surface area contributed by atoms with E-state index in [0.717, 1.165) is 0 Å². The van der Waals surface area contributed by atoms with Gasteiger partial charge in [0.1, 0.15) is 18.1 Å². The Morgan fingerprint density at radius 3 is 2.44 bits per heavy atom. The van der Waals surface area contributed by atoms with Crippen molar-refractivity contribution in [1.82, 2.24) is 19.7 Å². The largest absolute Gasteiger partial charge is 0.493 e. The molecule has 0 saturated heterocycles. The summed E-state index contributed by atoms with van der Waals surface area (Å²) in [6.45, 7) is 3.98. The second-order valence-electron chi connectivity index (χ2n) is 4.21. The fraction of sp³-hybridized carbons (Fsp3) is 0.417. The van der Waals surface area contributed by atoms with E-state index in [2.05, 4.69) is 15.1 Å². The van der Waals surface area contributed by atoms with Gasteiger partial charge in [0.05, 0.1) is 13.3 Å². The Bertz CT molecular complexity index is 510. The Kier molecular flexibility index (Phi) is 3.57. The van der Waals surface area contributed by atoms with Gasteiger partial charge in [0.25, 0.3) is 0 Å². The predicted octanol–water partition coefficient (Wildman–Crippen LogP) is 1.34. The number of methoxy groups -OCH3 is 1. The third-order valence-corrected chi connectivity index (χ3v) is 2.66. The smallest absolute Gasteiger partial charge is 0.163 e. The number of aromatic nitrogens is 4. The van der Waals surface area contributed by atoms with Crippen molar-refractivity contribution in [2.45, 2.75) is 26.0 Å². The minimum Gasteiger partial charge on any atom is -0.493 e. The summed E-state index contributed by atoms with van der Waals surface area (Å²) >= 11 is 0.